The van der Waals surface area contributed by atoms with Crippen molar-refractivity contribution < 1.29 is 20.4 Å². The number of aliphatic hydroxyl groups is 4. The predicted octanol–water partition coefficient (Wildman–Crippen LogP) is -0.256. The summed E-state index contributed by atoms with van der Waals surface area (Å²) in [5.41, 5.74) is -1.37. The van der Waals surface area contributed by atoms with Crippen LogP contribution in [0, 0.1) is 11.8 Å². The molecule has 0 rings (SSSR count). The highest BCUT2D eigenvalue weighted by atomic mass is 16.4. The van der Waals surface area contributed by atoms with Gasteiger partial charge in [-0.25, -0.2) is 0 Å². The van der Waals surface area contributed by atoms with Crippen LogP contribution in [0.4, 0.5) is 0 Å². The molecule has 2 unspecified atom stereocenters. The fraction of sp³-hybridized carbons (Fsp3) is 1.00. The van der Waals surface area contributed by atoms with Crippen molar-refractivity contribution in [3.8, 4) is 0 Å². The lowest BCUT2D eigenvalue weighted by atomic mass is 9.74. The first-order valence-electron chi connectivity index (χ1n) is 4.97. The van der Waals surface area contributed by atoms with Crippen LogP contribution in [0.15, 0.2) is 0 Å². The average Bonchev–Trinajstić information content (AvgIpc) is 2.13. The van der Waals surface area contributed by atoms with Crippen LogP contribution in [0.5, 0.6) is 0 Å². The van der Waals surface area contributed by atoms with Crippen molar-refractivity contribution in [3.63, 3.8) is 0 Å². The van der Waals surface area contributed by atoms with Crippen molar-refractivity contribution in [1.29, 1.82) is 0 Å². The minimum absolute atomic E-state index is 0.196. The van der Waals surface area contributed by atoms with Gasteiger partial charge in [0.2, 0.25) is 0 Å². The van der Waals surface area contributed by atoms with Gasteiger partial charge in [0.25, 0.3) is 0 Å². The molecule has 4 N–H and O–H groups in total. The van der Waals surface area contributed by atoms with Crippen molar-refractivity contribution >= 4 is 0 Å². The number of hydrogen-bond acceptors (Lipinski definition) is 4. The number of aliphatic hydroxyl groups excluding tert-OH is 3. The molecule has 0 saturated carbocycles. The molecule has 4 heteroatoms. The topological polar surface area (TPSA) is 80.9 Å². The van der Waals surface area contributed by atoms with E-state index >= 15 is 0 Å². The average molecular weight is 206 g/mol. The van der Waals surface area contributed by atoms with Crippen LogP contribution in [0.3, 0.4) is 0 Å². The predicted molar refractivity (Wildman–Crippen MR) is 53.7 cm³/mol. The van der Waals surface area contributed by atoms with Crippen molar-refractivity contribution in [2.75, 3.05) is 6.61 Å². The van der Waals surface area contributed by atoms with Gasteiger partial charge >= 0.3 is 0 Å². The lowest BCUT2D eigenvalue weighted by Gasteiger charge is -2.41. The molecule has 0 bridgehead atoms. The third-order valence-electron chi connectivity index (χ3n) is 2.88. The van der Waals surface area contributed by atoms with Crippen LogP contribution in [0.1, 0.15) is 27.7 Å². The quantitative estimate of drug-likeness (QED) is 0.500. The van der Waals surface area contributed by atoms with Gasteiger partial charge in [0.1, 0.15) is 12.2 Å². The molecular weight excluding hydrogens is 184 g/mol. The summed E-state index contributed by atoms with van der Waals surface area (Å²) < 4.78 is 0. The van der Waals surface area contributed by atoms with Crippen LogP contribution in [0.25, 0.3) is 0 Å². The highest BCUT2D eigenvalue weighted by molar-refractivity contribution is 4.95. The Hall–Kier alpha value is -0.160. The van der Waals surface area contributed by atoms with Gasteiger partial charge in [-0.3, -0.25) is 0 Å². The number of hydrogen-bond donors (Lipinski definition) is 4. The first-order valence-corrected chi connectivity index (χ1v) is 4.97. The summed E-state index contributed by atoms with van der Waals surface area (Å²) in [6.45, 7) is 6.53. The van der Waals surface area contributed by atoms with E-state index in [2.05, 4.69) is 0 Å². The molecule has 0 spiro atoms. The Morgan fingerprint density at radius 1 is 1.00 bits per heavy atom. The van der Waals surface area contributed by atoms with Crippen molar-refractivity contribution in [2.24, 2.45) is 11.8 Å². The van der Waals surface area contributed by atoms with Crippen LogP contribution in [-0.4, -0.2) is 44.8 Å². The minimum Gasteiger partial charge on any atom is -0.394 e. The van der Waals surface area contributed by atoms with Gasteiger partial charge in [-0.05, 0) is 11.8 Å². The van der Waals surface area contributed by atoms with E-state index in [1.807, 2.05) is 0 Å². The van der Waals surface area contributed by atoms with E-state index in [9.17, 15) is 15.3 Å². The summed E-state index contributed by atoms with van der Waals surface area (Å²) in [5.74, 6) is -0.391. The maximum Gasteiger partial charge on any atom is 0.111 e. The molecule has 4 nitrogen and oxygen atoms in total. The molecule has 0 aliphatic rings. The molecule has 0 amide bonds. The van der Waals surface area contributed by atoms with Gasteiger partial charge in [0, 0.05) is 0 Å². The standard InChI is InChI=1S/C10H22O4/c1-6(2)10(14,7(3)4)9(13)8(12)5-11/h6-9,11-14H,5H2,1-4H3. The Bertz CT molecular complexity index is 160. The maximum atomic E-state index is 10.2. The van der Waals surface area contributed by atoms with Crippen molar-refractivity contribution in [1.82, 2.24) is 0 Å². The summed E-state index contributed by atoms with van der Waals surface area (Å²) in [6, 6.07) is 0. The third-order valence-corrected chi connectivity index (χ3v) is 2.88. The molecular formula is C10H22O4. The van der Waals surface area contributed by atoms with Gasteiger partial charge in [-0.2, -0.15) is 0 Å². The molecule has 14 heavy (non-hydrogen) atoms. The minimum atomic E-state index is -1.37. The lowest BCUT2D eigenvalue weighted by molar-refractivity contribution is -0.177. The summed E-state index contributed by atoms with van der Waals surface area (Å²) in [6.07, 6.45) is -2.63. The second kappa shape index (κ2) is 5.07. The summed E-state index contributed by atoms with van der Waals surface area (Å²) >= 11 is 0. The fourth-order valence-electron chi connectivity index (χ4n) is 1.76. The monoisotopic (exact) mass is 206 g/mol. The van der Waals surface area contributed by atoms with E-state index in [0.717, 1.165) is 0 Å². The highest BCUT2D eigenvalue weighted by Gasteiger charge is 2.44. The van der Waals surface area contributed by atoms with Crippen LogP contribution in [-0.2, 0) is 0 Å². The second-order valence-electron chi connectivity index (χ2n) is 4.39. The van der Waals surface area contributed by atoms with E-state index < -0.39 is 24.4 Å². The number of rotatable bonds is 5. The van der Waals surface area contributed by atoms with Gasteiger partial charge in [0.15, 0.2) is 0 Å². The van der Waals surface area contributed by atoms with Crippen molar-refractivity contribution in [3.05, 3.63) is 0 Å². The molecule has 0 aromatic carbocycles. The van der Waals surface area contributed by atoms with Crippen LogP contribution >= 0.6 is 0 Å². The van der Waals surface area contributed by atoms with Gasteiger partial charge in [-0.1, -0.05) is 27.7 Å². The first-order chi connectivity index (χ1) is 6.28. The Morgan fingerprint density at radius 3 is 1.57 bits per heavy atom. The zero-order chi connectivity index (χ0) is 11.5. The Morgan fingerprint density at radius 2 is 1.36 bits per heavy atom. The second-order valence-corrected chi connectivity index (χ2v) is 4.39. The molecule has 0 fully saturated rings. The van der Waals surface area contributed by atoms with E-state index in [1.54, 1.807) is 27.7 Å². The molecule has 0 aliphatic carbocycles. The molecule has 0 aromatic rings. The van der Waals surface area contributed by atoms with Crippen LogP contribution < -0.4 is 0 Å². The fourth-order valence-corrected chi connectivity index (χ4v) is 1.76. The molecule has 86 valence electrons. The zero-order valence-corrected chi connectivity index (χ0v) is 9.31. The molecule has 0 heterocycles. The van der Waals surface area contributed by atoms with E-state index in [1.165, 1.54) is 0 Å². The molecule has 0 aromatic heterocycles. The molecule has 2 atom stereocenters. The Labute approximate surface area is 85.2 Å². The SMILES string of the molecule is CC(C)C(O)(C(C)C)C(O)C(O)CO. The van der Waals surface area contributed by atoms with E-state index in [4.69, 9.17) is 5.11 Å². The van der Waals surface area contributed by atoms with Gasteiger partial charge < -0.3 is 20.4 Å². The maximum absolute atomic E-state index is 10.2. The Kier molecular flexibility index (Phi) is 5.01. The molecule has 0 radical (unpaired) electrons. The van der Waals surface area contributed by atoms with Gasteiger partial charge in [0.05, 0.1) is 12.2 Å². The molecule has 0 aliphatic heterocycles. The summed E-state index contributed by atoms with van der Waals surface area (Å²) in [5, 5.41) is 37.9. The van der Waals surface area contributed by atoms with E-state index in [-0.39, 0.29) is 11.8 Å². The lowest BCUT2D eigenvalue weighted by Crippen LogP contribution is -2.56. The smallest absolute Gasteiger partial charge is 0.111 e. The van der Waals surface area contributed by atoms with E-state index in [0.29, 0.717) is 0 Å². The summed E-state index contributed by atoms with van der Waals surface area (Å²) in [4.78, 5) is 0. The summed E-state index contributed by atoms with van der Waals surface area (Å²) in [7, 11) is 0. The zero-order valence-electron chi connectivity index (χ0n) is 9.31. The third kappa shape index (κ3) is 2.45. The molecule has 0 saturated heterocycles. The first kappa shape index (κ1) is 13.8. The largest absolute Gasteiger partial charge is 0.394 e. The van der Waals surface area contributed by atoms with Crippen molar-refractivity contribution in [2.45, 2.75) is 45.5 Å². The normalized spacial score (nSPS) is 17.6. The Balaban J connectivity index is 4.82. The van der Waals surface area contributed by atoms with Gasteiger partial charge in [-0.15, -0.1) is 0 Å². The van der Waals surface area contributed by atoms with Crippen LogP contribution in [0.2, 0.25) is 0 Å². The highest BCUT2D eigenvalue weighted by Crippen LogP contribution is 2.31.